The van der Waals surface area contributed by atoms with Crippen molar-refractivity contribution in [3.63, 3.8) is 0 Å². The smallest absolute Gasteiger partial charge is 0.248 e. The van der Waals surface area contributed by atoms with Gasteiger partial charge in [-0.25, -0.2) is 8.78 Å². The van der Waals surface area contributed by atoms with Crippen molar-refractivity contribution < 1.29 is 13.6 Å². The molecule has 4 heteroatoms. The van der Waals surface area contributed by atoms with Crippen molar-refractivity contribution >= 4 is 12.0 Å². The van der Waals surface area contributed by atoms with Crippen molar-refractivity contribution in [1.82, 2.24) is 5.32 Å². The van der Waals surface area contributed by atoms with Gasteiger partial charge in [0.1, 0.15) is 0 Å². The number of halogens is 2. The standard InChI is InChI=1S/C16H19F2NO/c1-12(11-13-5-3-2-4-6-13)15(20)19-14-7-9-16(17,18)10-8-14/h2-6,11,14H,7-10H2,1H3,(H,19,20)/b12-11+. The molecule has 0 aromatic heterocycles. The third-order valence-electron chi connectivity index (χ3n) is 3.59. The minimum atomic E-state index is -2.56. The Labute approximate surface area is 117 Å². The van der Waals surface area contributed by atoms with E-state index in [-0.39, 0.29) is 24.8 Å². The summed E-state index contributed by atoms with van der Waals surface area (Å²) in [6.45, 7) is 1.74. The number of alkyl halides is 2. The Kier molecular flexibility index (Phi) is 4.53. The van der Waals surface area contributed by atoms with Crippen molar-refractivity contribution in [2.45, 2.75) is 44.6 Å². The number of hydrogen-bond donors (Lipinski definition) is 1. The van der Waals surface area contributed by atoms with E-state index in [1.165, 1.54) is 0 Å². The maximum Gasteiger partial charge on any atom is 0.248 e. The molecule has 0 atom stereocenters. The fourth-order valence-electron chi connectivity index (χ4n) is 2.35. The van der Waals surface area contributed by atoms with Gasteiger partial charge in [-0.2, -0.15) is 0 Å². The van der Waals surface area contributed by atoms with Crippen LogP contribution >= 0.6 is 0 Å². The predicted octanol–water partition coefficient (Wildman–Crippen LogP) is 3.78. The lowest BCUT2D eigenvalue weighted by Crippen LogP contribution is -2.40. The average molecular weight is 279 g/mol. The van der Waals surface area contributed by atoms with Crippen molar-refractivity contribution in [2.24, 2.45) is 0 Å². The SMILES string of the molecule is C/C(=C\c1ccccc1)C(=O)NC1CCC(F)(F)CC1. The number of rotatable bonds is 3. The summed E-state index contributed by atoms with van der Waals surface area (Å²) in [6, 6.07) is 9.41. The fourth-order valence-corrected chi connectivity index (χ4v) is 2.35. The van der Waals surface area contributed by atoms with Gasteiger partial charge in [-0.15, -0.1) is 0 Å². The highest BCUT2D eigenvalue weighted by molar-refractivity contribution is 5.97. The van der Waals surface area contributed by atoms with Crippen molar-refractivity contribution in [1.29, 1.82) is 0 Å². The summed E-state index contributed by atoms with van der Waals surface area (Å²) >= 11 is 0. The van der Waals surface area contributed by atoms with E-state index in [0.29, 0.717) is 18.4 Å². The van der Waals surface area contributed by atoms with Crippen LogP contribution in [0.25, 0.3) is 6.08 Å². The number of hydrogen-bond acceptors (Lipinski definition) is 1. The maximum atomic E-state index is 13.0. The molecule has 0 bridgehead atoms. The first-order chi connectivity index (χ1) is 9.46. The van der Waals surface area contributed by atoms with Crippen LogP contribution in [0.2, 0.25) is 0 Å². The van der Waals surface area contributed by atoms with Crippen molar-refractivity contribution in [3.8, 4) is 0 Å². The first-order valence-electron chi connectivity index (χ1n) is 6.88. The van der Waals surface area contributed by atoms with E-state index < -0.39 is 5.92 Å². The van der Waals surface area contributed by atoms with Crippen molar-refractivity contribution in [2.75, 3.05) is 0 Å². The Morgan fingerprint density at radius 1 is 1.25 bits per heavy atom. The number of carbonyl (C=O) groups is 1. The third-order valence-corrected chi connectivity index (χ3v) is 3.59. The molecular formula is C16H19F2NO. The molecule has 1 fully saturated rings. The van der Waals surface area contributed by atoms with Gasteiger partial charge in [0.15, 0.2) is 0 Å². The van der Waals surface area contributed by atoms with Gasteiger partial charge in [0.2, 0.25) is 11.8 Å². The van der Waals surface area contributed by atoms with E-state index in [2.05, 4.69) is 5.32 Å². The van der Waals surface area contributed by atoms with Gasteiger partial charge in [0.05, 0.1) is 0 Å². The van der Waals surface area contributed by atoms with E-state index in [0.717, 1.165) is 5.56 Å². The van der Waals surface area contributed by atoms with Crippen LogP contribution in [-0.2, 0) is 4.79 Å². The molecule has 0 aliphatic heterocycles. The van der Waals surface area contributed by atoms with E-state index in [1.54, 1.807) is 13.0 Å². The Morgan fingerprint density at radius 3 is 2.45 bits per heavy atom. The molecule has 1 N–H and O–H groups in total. The van der Waals surface area contributed by atoms with Crippen LogP contribution in [-0.4, -0.2) is 17.9 Å². The molecule has 1 aromatic rings. The van der Waals surface area contributed by atoms with E-state index in [4.69, 9.17) is 0 Å². The molecule has 1 amide bonds. The largest absolute Gasteiger partial charge is 0.350 e. The van der Waals surface area contributed by atoms with Gasteiger partial charge in [-0.3, -0.25) is 4.79 Å². The molecular weight excluding hydrogens is 260 g/mol. The fraction of sp³-hybridized carbons (Fsp3) is 0.438. The van der Waals surface area contributed by atoms with Gasteiger partial charge < -0.3 is 5.32 Å². The molecule has 1 aromatic carbocycles. The number of benzene rings is 1. The van der Waals surface area contributed by atoms with Crippen LogP contribution < -0.4 is 5.32 Å². The van der Waals surface area contributed by atoms with E-state index in [9.17, 15) is 13.6 Å². The highest BCUT2D eigenvalue weighted by Gasteiger charge is 2.35. The molecule has 2 rings (SSSR count). The maximum absolute atomic E-state index is 13.0. The normalized spacial score (nSPS) is 19.6. The van der Waals surface area contributed by atoms with Crippen LogP contribution in [0.3, 0.4) is 0 Å². The zero-order chi connectivity index (χ0) is 14.6. The summed E-state index contributed by atoms with van der Waals surface area (Å²) in [7, 11) is 0. The Hall–Kier alpha value is -1.71. The summed E-state index contributed by atoms with van der Waals surface area (Å²) in [6.07, 6.45) is 2.21. The summed E-state index contributed by atoms with van der Waals surface area (Å²) in [5.74, 6) is -2.74. The third kappa shape index (κ3) is 4.15. The van der Waals surface area contributed by atoms with E-state index in [1.807, 2.05) is 30.3 Å². The number of carbonyl (C=O) groups excluding carboxylic acids is 1. The summed E-state index contributed by atoms with van der Waals surface area (Å²) in [5, 5.41) is 2.84. The Bertz CT molecular complexity index is 486. The number of nitrogens with one attached hydrogen (secondary N) is 1. The van der Waals surface area contributed by atoms with Gasteiger partial charge in [0, 0.05) is 24.5 Å². The number of amides is 1. The summed E-state index contributed by atoms with van der Waals surface area (Å²) < 4.78 is 26.1. The van der Waals surface area contributed by atoms with Crippen LogP contribution in [0.5, 0.6) is 0 Å². The molecule has 0 heterocycles. The molecule has 0 radical (unpaired) electrons. The zero-order valence-electron chi connectivity index (χ0n) is 11.5. The second kappa shape index (κ2) is 6.16. The first-order valence-corrected chi connectivity index (χ1v) is 6.88. The molecule has 20 heavy (non-hydrogen) atoms. The Morgan fingerprint density at radius 2 is 1.85 bits per heavy atom. The lowest BCUT2D eigenvalue weighted by Gasteiger charge is -2.28. The van der Waals surface area contributed by atoms with Crippen LogP contribution in [0.4, 0.5) is 8.78 Å². The molecule has 0 unspecified atom stereocenters. The van der Waals surface area contributed by atoms with Crippen LogP contribution in [0.1, 0.15) is 38.2 Å². The van der Waals surface area contributed by atoms with Gasteiger partial charge in [0.25, 0.3) is 0 Å². The molecule has 1 saturated carbocycles. The topological polar surface area (TPSA) is 29.1 Å². The van der Waals surface area contributed by atoms with Gasteiger partial charge >= 0.3 is 0 Å². The van der Waals surface area contributed by atoms with Crippen LogP contribution in [0, 0.1) is 0 Å². The molecule has 0 spiro atoms. The van der Waals surface area contributed by atoms with Crippen LogP contribution in [0.15, 0.2) is 35.9 Å². The van der Waals surface area contributed by atoms with E-state index >= 15 is 0 Å². The lowest BCUT2D eigenvalue weighted by molar-refractivity contribution is -0.119. The minimum absolute atomic E-state index is 0.138. The second-order valence-electron chi connectivity index (χ2n) is 5.34. The molecule has 2 nitrogen and oxygen atoms in total. The average Bonchev–Trinajstić information content (AvgIpc) is 2.42. The summed E-state index contributed by atoms with van der Waals surface area (Å²) in [4.78, 5) is 12.0. The molecule has 0 saturated heterocycles. The monoisotopic (exact) mass is 279 g/mol. The Balaban J connectivity index is 1.91. The molecule has 1 aliphatic carbocycles. The predicted molar refractivity (Wildman–Crippen MR) is 75.4 cm³/mol. The minimum Gasteiger partial charge on any atom is -0.350 e. The lowest BCUT2D eigenvalue weighted by atomic mass is 9.92. The second-order valence-corrected chi connectivity index (χ2v) is 5.34. The quantitative estimate of drug-likeness (QED) is 0.838. The highest BCUT2D eigenvalue weighted by Crippen LogP contribution is 2.33. The van der Waals surface area contributed by atoms with Crippen molar-refractivity contribution in [3.05, 3.63) is 41.5 Å². The molecule has 108 valence electrons. The van der Waals surface area contributed by atoms with Gasteiger partial charge in [-0.05, 0) is 31.4 Å². The highest BCUT2D eigenvalue weighted by atomic mass is 19.3. The molecule has 1 aliphatic rings. The first kappa shape index (κ1) is 14.7. The van der Waals surface area contributed by atoms with Gasteiger partial charge in [-0.1, -0.05) is 30.3 Å². The summed E-state index contributed by atoms with van der Waals surface area (Å²) in [5.41, 5.74) is 1.55. The zero-order valence-corrected chi connectivity index (χ0v) is 11.5.